The summed E-state index contributed by atoms with van der Waals surface area (Å²) in [4.78, 5) is 11.8. The lowest BCUT2D eigenvalue weighted by molar-refractivity contribution is -0.125. The van der Waals surface area contributed by atoms with Gasteiger partial charge in [-0.25, -0.2) is 0 Å². The molecule has 0 unspecified atom stereocenters. The highest BCUT2D eigenvalue weighted by Gasteiger charge is 2.44. The Morgan fingerprint density at radius 1 is 1.56 bits per heavy atom. The molecule has 1 rings (SSSR count). The Balaban J connectivity index is 3.18. The second kappa shape index (κ2) is 5.29. The highest BCUT2D eigenvalue weighted by atomic mass is 32.2. The van der Waals surface area contributed by atoms with E-state index in [0.717, 1.165) is 5.57 Å². The number of nitrogens with one attached hydrogen (secondary N) is 1. The number of thioether (sulfide) groups is 1. The monoisotopic (exact) mass is 261 g/mol. The molecule has 0 bridgehead atoms. The van der Waals surface area contributed by atoms with E-state index in [1.807, 2.05) is 13.0 Å². The molecule has 0 saturated carbocycles. The van der Waals surface area contributed by atoms with E-state index < -0.39 is 11.3 Å². The predicted octanol–water partition coefficient (Wildman–Crippen LogP) is 2.33. The van der Waals surface area contributed by atoms with Crippen molar-refractivity contribution in [2.45, 2.75) is 20.8 Å². The summed E-state index contributed by atoms with van der Waals surface area (Å²) >= 11 is 1.37. The molecule has 1 aliphatic rings. The predicted molar refractivity (Wildman–Crippen MR) is 70.9 cm³/mol. The highest BCUT2D eigenvalue weighted by Crippen LogP contribution is 2.41. The zero-order chi connectivity index (χ0) is 13.9. The summed E-state index contributed by atoms with van der Waals surface area (Å²) in [5, 5.41) is 21.5. The first-order valence-electron chi connectivity index (χ1n) is 5.47. The third-order valence-electron chi connectivity index (χ3n) is 2.80. The van der Waals surface area contributed by atoms with Gasteiger partial charge in [0.05, 0.1) is 22.7 Å². The van der Waals surface area contributed by atoms with Crippen LogP contribution in [0.5, 0.6) is 0 Å². The van der Waals surface area contributed by atoms with Crippen molar-refractivity contribution < 1.29 is 4.79 Å². The molecule has 0 radical (unpaired) electrons. The number of hydrogen-bond donors (Lipinski definition) is 1. The van der Waals surface area contributed by atoms with Gasteiger partial charge < -0.3 is 5.32 Å². The molecule has 1 heterocycles. The van der Waals surface area contributed by atoms with Gasteiger partial charge in [-0.05, 0) is 6.92 Å². The van der Waals surface area contributed by atoms with Crippen LogP contribution in [0.15, 0.2) is 22.8 Å². The van der Waals surface area contributed by atoms with Crippen LogP contribution >= 0.6 is 11.8 Å². The van der Waals surface area contributed by atoms with Gasteiger partial charge in [0.1, 0.15) is 5.92 Å². The molecule has 0 fully saturated rings. The Morgan fingerprint density at radius 2 is 2.17 bits per heavy atom. The maximum atomic E-state index is 11.8. The summed E-state index contributed by atoms with van der Waals surface area (Å²) in [6.07, 6.45) is 0. The third kappa shape index (κ3) is 2.57. The molecule has 0 aromatic rings. The molecule has 0 saturated heterocycles. The lowest BCUT2D eigenvalue weighted by Gasteiger charge is -2.34. The lowest BCUT2D eigenvalue weighted by atomic mass is 9.72. The molecule has 94 valence electrons. The number of carbonyl (C=O) groups is 1. The van der Waals surface area contributed by atoms with Crippen LogP contribution in [0, 0.1) is 34.0 Å². The molecule has 1 N–H and O–H groups in total. The molecule has 4 nitrogen and oxygen atoms in total. The van der Waals surface area contributed by atoms with E-state index in [1.165, 1.54) is 11.8 Å². The molecule has 1 aliphatic heterocycles. The van der Waals surface area contributed by atoms with Gasteiger partial charge in [-0.2, -0.15) is 10.5 Å². The molecule has 5 heteroatoms. The van der Waals surface area contributed by atoms with Gasteiger partial charge in [-0.3, -0.25) is 4.79 Å². The van der Waals surface area contributed by atoms with Gasteiger partial charge in [0.15, 0.2) is 0 Å². The molecular weight excluding hydrogens is 246 g/mol. The van der Waals surface area contributed by atoms with Crippen molar-refractivity contribution in [2.75, 3.05) is 5.75 Å². The Bertz CT molecular complexity index is 505. The van der Waals surface area contributed by atoms with Crippen molar-refractivity contribution in [3.8, 4) is 12.1 Å². The van der Waals surface area contributed by atoms with Gasteiger partial charge in [0.25, 0.3) is 0 Å². The molecule has 18 heavy (non-hydrogen) atoms. The van der Waals surface area contributed by atoms with Crippen LogP contribution in [0.3, 0.4) is 0 Å². The molecular formula is C13H15N3OS. The zero-order valence-corrected chi connectivity index (χ0v) is 11.5. The number of nitriles is 2. The molecule has 0 aromatic carbocycles. The van der Waals surface area contributed by atoms with Crippen LogP contribution in [0.25, 0.3) is 0 Å². The summed E-state index contributed by atoms with van der Waals surface area (Å²) in [6.45, 7) is 9.17. The maximum absolute atomic E-state index is 11.8. The Labute approximate surface area is 111 Å². The van der Waals surface area contributed by atoms with Crippen LogP contribution in [0.4, 0.5) is 0 Å². The summed E-state index contributed by atoms with van der Waals surface area (Å²) in [5.41, 5.74) is 0.655. The fraction of sp³-hybridized carbons (Fsp3) is 0.462. The van der Waals surface area contributed by atoms with E-state index in [2.05, 4.69) is 18.0 Å². The van der Waals surface area contributed by atoms with Crippen LogP contribution < -0.4 is 5.32 Å². The molecule has 0 spiro atoms. The SMILES string of the molecule is C=C(C)CSC1=C(C#N)C(C)(C)[C@H](C#N)C(=O)N1. The van der Waals surface area contributed by atoms with Gasteiger partial charge >= 0.3 is 0 Å². The fourth-order valence-electron chi connectivity index (χ4n) is 1.73. The summed E-state index contributed by atoms with van der Waals surface area (Å²) in [5.74, 6) is -0.541. The molecule has 0 aliphatic carbocycles. The van der Waals surface area contributed by atoms with Gasteiger partial charge in [-0.1, -0.05) is 26.0 Å². The van der Waals surface area contributed by atoms with Gasteiger partial charge in [-0.15, -0.1) is 11.8 Å². The van der Waals surface area contributed by atoms with Gasteiger partial charge in [0, 0.05) is 11.2 Å². The smallest absolute Gasteiger partial charge is 0.243 e. The second-order valence-electron chi connectivity index (χ2n) is 4.83. The summed E-state index contributed by atoms with van der Waals surface area (Å²) in [7, 11) is 0. The molecule has 1 amide bonds. The lowest BCUT2D eigenvalue weighted by Crippen LogP contribution is -2.44. The van der Waals surface area contributed by atoms with E-state index >= 15 is 0 Å². The first-order valence-corrected chi connectivity index (χ1v) is 6.45. The van der Waals surface area contributed by atoms with E-state index in [0.29, 0.717) is 16.4 Å². The minimum Gasteiger partial charge on any atom is -0.319 e. The average Bonchev–Trinajstić information content (AvgIpc) is 2.25. The van der Waals surface area contributed by atoms with E-state index in [1.54, 1.807) is 13.8 Å². The molecule has 0 aromatic heterocycles. The van der Waals surface area contributed by atoms with Crippen LogP contribution in [-0.4, -0.2) is 11.7 Å². The number of carbonyl (C=O) groups excluding carboxylic acids is 1. The quantitative estimate of drug-likeness (QED) is 0.791. The van der Waals surface area contributed by atoms with Crippen molar-refractivity contribution >= 4 is 17.7 Å². The van der Waals surface area contributed by atoms with Crippen molar-refractivity contribution in [2.24, 2.45) is 11.3 Å². The minimum atomic E-state index is -0.832. The number of hydrogen-bond acceptors (Lipinski definition) is 4. The van der Waals surface area contributed by atoms with Crippen molar-refractivity contribution in [3.63, 3.8) is 0 Å². The van der Waals surface area contributed by atoms with Gasteiger partial charge in [0.2, 0.25) is 5.91 Å². The third-order valence-corrected chi connectivity index (χ3v) is 4.03. The van der Waals surface area contributed by atoms with E-state index in [-0.39, 0.29) is 5.91 Å². The fourth-order valence-corrected chi connectivity index (χ4v) is 2.75. The summed E-state index contributed by atoms with van der Waals surface area (Å²) in [6, 6.07) is 4.09. The Kier molecular flexibility index (Phi) is 4.21. The summed E-state index contributed by atoms with van der Waals surface area (Å²) < 4.78 is 0. The second-order valence-corrected chi connectivity index (χ2v) is 5.82. The van der Waals surface area contributed by atoms with Crippen LogP contribution in [0.2, 0.25) is 0 Å². The number of rotatable bonds is 3. The Hall–Kier alpha value is -1.72. The van der Waals surface area contributed by atoms with Crippen molar-refractivity contribution in [3.05, 3.63) is 22.8 Å². The number of amides is 1. The normalized spacial score (nSPS) is 21.8. The first kappa shape index (κ1) is 14.3. The number of nitrogens with zero attached hydrogens (tertiary/aromatic N) is 2. The largest absolute Gasteiger partial charge is 0.319 e. The Morgan fingerprint density at radius 3 is 2.61 bits per heavy atom. The average molecular weight is 261 g/mol. The maximum Gasteiger partial charge on any atom is 0.243 e. The molecule has 1 atom stereocenters. The van der Waals surface area contributed by atoms with Crippen LogP contribution in [0.1, 0.15) is 20.8 Å². The minimum absolute atomic E-state index is 0.342. The first-order chi connectivity index (χ1) is 8.34. The van der Waals surface area contributed by atoms with E-state index in [4.69, 9.17) is 5.26 Å². The van der Waals surface area contributed by atoms with Crippen molar-refractivity contribution in [1.29, 1.82) is 10.5 Å². The zero-order valence-electron chi connectivity index (χ0n) is 10.7. The highest BCUT2D eigenvalue weighted by molar-refractivity contribution is 8.03. The number of allylic oxidation sites excluding steroid dienone is 1. The van der Waals surface area contributed by atoms with Crippen LogP contribution in [-0.2, 0) is 4.79 Å². The topological polar surface area (TPSA) is 76.7 Å². The van der Waals surface area contributed by atoms with E-state index in [9.17, 15) is 10.1 Å². The van der Waals surface area contributed by atoms with Crippen molar-refractivity contribution in [1.82, 2.24) is 5.32 Å². The standard InChI is InChI=1S/C13H15N3OS/c1-8(2)7-18-12-10(6-15)13(3,4)9(5-14)11(17)16-12/h9H,1,7H2,2-4H3,(H,16,17)/t9-/m1/s1.